The number of carbonyl (C=O) groups excluding carboxylic acids is 1. The van der Waals surface area contributed by atoms with E-state index in [1.54, 1.807) is 22.6 Å². The van der Waals surface area contributed by atoms with E-state index in [2.05, 4.69) is 5.32 Å². The Morgan fingerprint density at radius 3 is 2.53 bits per heavy atom. The Morgan fingerprint density at radius 1 is 1.06 bits per heavy atom. The van der Waals surface area contributed by atoms with Crippen molar-refractivity contribution >= 4 is 22.6 Å². The summed E-state index contributed by atoms with van der Waals surface area (Å²) in [6, 6.07) is 19.9. The van der Waals surface area contributed by atoms with E-state index in [4.69, 9.17) is 9.72 Å². The number of hydrogen-bond acceptors (Lipinski definition) is 4. The zero-order valence-electron chi connectivity index (χ0n) is 21.4. The first-order chi connectivity index (χ1) is 17.3. The molecule has 3 aromatic carbocycles. The van der Waals surface area contributed by atoms with E-state index in [1.165, 1.54) is 0 Å². The molecule has 0 radical (unpaired) electrons. The number of methoxy groups -OCH3 is 1. The monoisotopic (exact) mass is 484 g/mol. The Morgan fingerprint density at radius 2 is 1.81 bits per heavy atom. The molecule has 7 heteroatoms. The van der Waals surface area contributed by atoms with Crippen molar-refractivity contribution in [3.05, 3.63) is 94.0 Å². The van der Waals surface area contributed by atoms with Crippen LogP contribution in [0.3, 0.4) is 0 Å². The van der Waals surface area contributed by atoms with Crippen molar-refractivity contribution in [2.45, 2.75) is 40.2 Å². The highest BCUT2D eigenvalue weighted by molar-refractivity contribution is 5.89. The summed E-state index contributed by atoms with van der Waals surface area (Å²) in [5, 5.41) is 3.51. The summed E-state index contributed by atoms with van der Waals surface area (Å²) in [4.78, 5) is 34.0. The topological polar surface area (TPSA) is 76.5 Å². The number of rotatable bonds is 7. The van der Waals surface area contributed by atoms with Crippen molar-refractivity contribution in [3.8, 4) is 11.4 Å². The highest BCUT2D eigenvalue weighted by Crippen LogP contribution is 2.29. The third-order valence-corrected chi connectivity index (χ3v) is 6.21. The van der Waals surface area contributed by atoms with E-state index in [0.29, 0.717) is 34.7 Å². The molecule has 1 aromatic heterocycles. The molecule has 0 aliphatic carbocycles. The average Bonchev–Trinajstić information content (AvgIpc) is 2.86. The third kappa shape index (κ3) is 4.96. The number of anilines is 1. The summed E-state index contributed by atoms with van der Waals surface area (Å²) >= 11 is 0. The smallest absolute Gasteiger partial charge is 0.322 e. The van der Waals surface area contributed by atoms with Gasteiger partial charge in [0.1, 0.15) is 11.6 Å². The van der Waals surface area contributed by atoms with Gasteiger partial charge in [0.25, 0.3) is 5.56 Å². The van der Waals surface area contributed by atoms with Gasteiger partial charge in [-0.15, -0.1) is 0 Å². The summed E-state index contributed by atoms with van der Waals surface area (Å²) in [5.41, 5.74) is 3.73. The highest BCUT2D eigenvalue weighted by Gasteiger charge is 2.27. The Kier molecular flexibility index (Phi) is 7.38. The van der Waals surface area contributed by atoms with E-state index in [-0.39, 0.29) is 11.6 Å². The molecule has 0 spiro atoms. The molecule has 0 aliphatic rings. The minimum Gasteiger partial charge on any atom is -0.495 e. The van der Waals surface area contributed by atoms with Gasteiger partial charge in [-0.25, -0.2) is 9.78 Å². The molecule has 0 saturated carbocycles. The highest BCUT2D eigenvalue weighted by atomic mass is 16.5. The number of para-hydroxylation sites is 1. The van der Waals surface area contributed by atoms with Crippen LogP contribution in [0.15, 0.2) is 71.5 Å². The van der Waals surface area contributed by atoms with Crippen molar-refractivity contribution in [1.29, 1.82) is 0 Å². The van der Waals surface area contributed by atoms with Gasteiger partial charge < -0.3 is 15.0 Å². The molecule has 4 aromatic rings. The first kappa shape index (κ1) is 25.0. The molecule has 1 N–H and O–H groups in total. The number of benzene rings is 3. The van der Waals surface area contributed by atoms with Crippen molar-refractivity contribution in [2.24, 2.45) is 0 Å². The van der Waals surface area contributed by atoms with Crippen LogP contribution in [0, 0.1) is 13.8 Å². The molecule has 0 bridgehead atoms. The van der Waals surface area contributed by atoms with Crippen LogP contribution in [0.4, 0.5) is 10.5 Å². The molecule has 1 unspecified atom stereocenters. The van der Waals surface area contributed by atoms with E-state index in [0.717, 1.165) is 23.2 Å². The maximum Gasteiger partial charge on any atom is 0.322 e. The lowest BCUT2D eigenvalue weighted by molar-refractivity contribution is 0.189. The van der Waals surface area contributed by atoms with Crippen LogP contribution in [0.1, 0.15) is 43.3 Å². The Bertz CT molecular complexity index is 1460. The minimum absolute atomic E-state index is 0.207. The molecule has 36 heavy (non-hydrogen) atoms. The molecule has 7 nitrogen and oxygen atoms in total. The number of fused-ring (bicyclic) bond motifs is 1. The lowest BCUT2D eigenvalue weighted by atomic mass is 10.1. The van der Waals surface area contributed by atoms with Gasteiger partial charge in [-0.2, -0.15) is 0 Å². The van der Waals surface area contributed by atoms with Gasteiger partial charge in [-0.3, -0.25) is 9.36 Å². The summed E-state index contributed by atoms with van der Waals surface area (Å²) in [6.07, 6.45) is 0.747. The van der Waals surface area contributed by atoms with Crippen molar-refractivity contribution in [1.82, 2.24) is 14.5 Å². The SMILES string of the molecule is CCCN(C(=O)Nc1cccc(C)c1)C(C)c1nc2ccccc2c(=O)n1-c1cc(C)ccc1OC. The largest absolute Gasteiger partial charge is 0.495 e. The van der Waals surface area contributed by atoms with Gasteiger partial charge in [-0.05, 0) is 74.7 Å². The predicted octanol–water partition coefficient (Wildman–Crippen LogP) is 6.02. The van der Waals surface area contributed by atoms with Gasteiger partial charge in [0.15, 0.2) is 0 Å². The van der Waals surface area contributed by atoms with Crippen LogP contribution >= 0.6 is 0 Å². The summed E-state index contributed by atoms with van der Waals surface area (Å²) in [5.74, 6) is 1.02. The standard InChI is InChI=1S/C29H32N4O3/c1-6-16-32(29(35)30-22-11-9-10-19(2)17-22)21(4)27-31-24-13-8-7-12-23(24)28(34)33(27)25-18-20(3)14-15-26(25)36-5/h7-15,17-18,21H,6,16H2,1-5H3,(H,30,35). The Balaban J connectivity index is 1.88. The van der Waals surface area contributed by atoms with E-state index in [9.17, 15) is 9.59 Å². The predicted molar refractivity (Wildman–Crippen MR) is 144 cm³/mol. The summed E-state index contributed by atoms with van der Waals surface area (Å²) < 4.78 is 7.21. The van der Waals surface area contributed by atoms with Crippen LogP contribution < -0.4 is 15.6 Å². The number of aromatic nitrogens is 2. The van der Waals surface area contributed by atoms with Crippen molar-refractivity contribution < 1.29 is 9.53 Å². The molecule has 186 valence electrons. The molecule has 4 rings (SSSR count). The van der Waals surface area contributed by atoms with Gasteiger partial charge in [0.2, 0.25) is 0 Å². The first-order valence-electron chi connectivity index (χ1n) is 12.1. The zero-order chi connectivity index (χ0) is 25.8. The number of carbonyl (C=O) groups is 1. The second kappa shape index (κ2) is 10.6. The van der Waals surface area contributed by atoms with E-state index in [1.807, 2.05) is 88.4 Å². The molecule has 1 atom stereocenters. The van der Waals surface area contributed by atoms with Gasteiger partial charge in [-0.1, -0.05) is 37.3 Å². The van der Waals surface area contributed by atoms with Crippen LogP contribution in [-0.2, 0) is 0 Å². The molecular weight excluding hydrogens is 452 g/mol. The fraction of sp³-hybridized carbons (Fsp3) is 0.276. The third-order valence-electron chi connectivity index (χ3n) is 6.21. The van der Waals surface area contributed by atoms with E-state index >= 15 is 0 Å². The Labute approximate surface area is 211 Å². The molecule has 0 fully saturated rings. The number of urea groups is 1. The van der Waals surface area contributed by atoms with Crippen molar-refractivity contribution in [2.75, 3.05) is 19.0 Å². The molecule has 2 amide bonds. The number of aryl methyl sites for hydroxylation is 2. The van der Waals surface area contributed by atoms with Crippen LogP contribution in [0.5, 0.6) is 5.75 Å². The maximum atomic E-state index is 13.9. The molecule has 0 saturated heterocycles. The summed E-state index contributed by atoms with van der Waals surface area (Å²) in [6.45, 7) is 8.36. The maximum absolute atomic E-state index is 13.9. The molecule has 0 aliphatic heterocycles. The molecular formula is C29H32N4O3. The van der Waals surface area contributed by atoms with Crippen LogP contribution in [0.2, 0.25) is 0 Å². The number of nitrogens with zero attached hydrogens (tertiary/aromatic N) is 3. The Hall–Kier alpha value is -4.13. The number of nitrogens with one attached hydrogen (secondary N) is 1. The van der Waals surface area contributed by atoms with Crippen LogP contribution in [0.25, 0.3) is 16.6 Å². The van der Waals surface area contributed by atoms with E-state index < -0.39 is 6.04 Å². The second-order valence-corrected chi connectivity index (χ2v) is 8.97. The lowest BCUT2D eigenvalue weighted by Gasteiger charge is -2.30. The second-order valence-electron chi connectivity index (χ2n) is 8.97. The zero-order valence-corrected chi connectivity index (χ0v) is 21.4. The normalized spacial score (nSPS) is 11.8. The minimum atomic E-state index is -0.503. The number of hydrogen-bond donors (Lipinski definition) is 1. The first-order valence-corrected chi connectivity index (χ1v) is 12.1. The summed E-state index contributed by atoms with van der Waals surface area (Å²) in [7, 11) is 1.58. The fourth-order valence-corrected chi connectivity index (χ4v) is 4.41. The average molecular weight is 485 g/mol. The van der Waals surface area contributed by atoms with Crippen LogP contribution in [-0.4, -0.2) is 34.1 Å². The quantitative estimate of drug-likeness (QED) is 0.348. The number of amides is 2. The van der Waals surface area contributed by atoms with Crippen molar-refractivity contribution in [3.63, 3.8) is 0 Å². The van der Waals surface area contributed by atoms with Gasteiger partial charge in [0.05, 0.1) is 29.7 Å². The molecule has 1 heterocycles. The van der Waals surface area contributed by atoms with Gasteiger partial charge >= 0.3 is 6.03 Å². The number of ether oxygens (including phenoxy) is 1. The lowest BCUT2D eigenvalue weighted by Crippen LogP contribution is -2.40. The fourth-order valence-electron chi connectivity index (χ4n) is 4.41. The van der Waals surface area contributed by atoms with Gasteiger partial charge in [0, 0.05) is 12.2 Å².